The van der Waals surface area contributed by atoms with Gasteiger partial charge in [-0.2, -0.15) is 0 Å². The highest BCUT2D eigenvalue weighted by molar-refractivity contribution is 5.11. The van der Waals surface area contributed by atoms with E-state index in [-0.39, 0.29) is 5.41 Å². The van der Waals surface area contributed by atoms with Gasteiger partial charge in [0, 0.05) is 18.9 Å². The van der Waals surface area contributed by atoms with Crippen LogP contribution in [-0.2, 0) is 6.42 Å². The molecule has 1 saturated heterocycles. The molecule has 1 atom stereocenters. The summed E-state index contributed by atoms with van der Waals surface area (Å²) >= 11 is 0. The first-order chi connectivity index (χ1) is 8.22. The standard InChI is InChI=1S/C14H23N3/c1-14(11-15,12-17-7-2-3-8-17)9-13-5-4-6-16-10-13/h4-6,10H,2-3,7-9,11-12,15H2,1H3. The average molecular weight is 233 g/mol. The molecule has 1 aromatic heterocycles. The zero-order chi connectivity index (χ0) is 12.1. The molecular formula is C14H23N3. The van der Waals surface area contributed by atoms with Crippen molar-refractivity contribution in [3.63, 3.8) is 0 Å². The van der Waals surface area contributed by atoms with Crippen LogP contribution in [0.25, 0.3) is 0 Å². The van der Waals surface area contributed by atoms with Crippen LogP contribution in [0.2, 0.25) is 0 Å². The van der Waals surface area contributed by atoms with E-state index in [1.807, 2.05) is 18.5 Å². The molecule has 2 heterocycles. The lowest BCUT2D eigenvalue weighted by atomic mass is 9.83. The summed E-state index contributed by atoms with van der Waals surface area (Å²) < 4.78 is 0. The molecule has 0 spiro atoms. The zero-order valence-electron chi connectivity index (χ0n) is 10.7. The van der Waals surface area contributed by atoms with E-state index in [1.54, 1.807) is 0 Å². The van der Waals surface area contributed by atoms with Gasteiger partial charge in [0.25, 0.3) is 0 Å². The smallest absolute Gasteiger partial charge is 0.0300 e. The lowest BCUT2D eigenvalue weighted by Gasteiger charge is -2.32. The third kappa shape index (κ3) is 3.51. The Morgan fingerprint density at radius 1 is 1.41 bits per heavy atom. The van der Waals surface area contributed by atoms with Gasteiger partial charge < -0.3 is 10.6 Å². The Labute approximate surface area is 104 Å². The fraction of sp³-hybridized carbons (Fsp3) is 0.643. The summed E-state index contributed by atoms with van der Waals surface area (Å²) in [5.41, 5.74) is 7.45. The first-order valence-electron chi connectivity index (χ1n) is 6.53. The molecule has 3 heteroatoms. The highest BCUT2D eigenvalue weighted by atomic mass is 15.1. The van der Waals surface area contributed by atoms with E-state index in [0.717, 1.165) is 19.5 Å². The molecule has 1 aromatic rings. The summed E-state index contributed by atoms with van der Waals surface area (Å²) in [6.07, 6.45) is 7.48. The van der Waals surface area contributed by atoms with Crippen molar-refractivity contribution in [1.82, 2.24) is 9.88 Å². The van der Waals surface area contributed by atoms with Crippen molar-refractivity contribution in [2.75, 3.05) is 26.2 Å². The molecule has 17 heavy (non-hydrogen) atoms. The molecule has 0 aliphatic carbocycles. The van der Waals surface area contributed by atoms with Gasteiger partial charge in [0.2, 0.25) is 0 Å². The Balaban J connectivity index is 1.98. The number of likely N-dealkylation sites (tertiary alicyclic amines) is 1. The summed E-state index contributed by atoms with van der Waals surface area (Å²) in [6.45, 7) is 6.61. The van der Waals surface area contributed by atoms with Crippen LogP contribution in [0.1, 0.15) is 25.3 Å². The zero-order valence-corrected chi connectivity index (χ0v) is 10.7. The van der Waals surface area contributed by atoms with Gasteiger partial charge >= 0.3 is 0 Å². The molecule has 1 aliphatic rings. The second-order valence-electron chi connectivity index (χ2n) is 5.54. The van der Waals surface area contributed by atoms with Gasteiger partial charge in [0.05, 0.1) is 0 Å². The van der Waals surface area contributed by atoms with E-state index in [2.05, 4.69) is 22.9 Å². The quantitative estimate of drug-likeness (QED) is 0.841. The molecule has 0 aromatic carbocycles. The summed E-state index contributed by atoms with van der Waals surface area (Å²) in [5, 5.41) is 0. The van der Waals surface area contributed by atoms with Crippen LogP contribution in [0.3, 0.4) is 0 Å². The van der Waals surface area contributed by atoms with Crippen LogP contribution in [0.4, 0.5) is 0 Å². The predicted octanol–water partition coefficient (Wildman–Crippen LogP) is 1.68. The molecule has 2 N–H and O–H groups in total. The van der Waals surface area contributed by atoms with Crippen molar-refractivity contribution in [1.29, 1.82) is 0 Å². The SMILES string of the molecule is CC(CN)(Cc1cccnc1)CN1CCCC1. The third-order valence-corrected chi connectivity index (χ3v) is 3.65. The fourth-order valence-electron chi connectivity index (χ4n) is 2.67. The first kappa shape index (κ1) is 12.5. The molecule has 0 radical (unpaired) electrons. The van der Waals surface area contributed by atoms with Crippen LogP contribution < -0.4 is 5.73 Å². The van der Waals surface area contributed by atoms with Gasteiger partial charge in [-0.25, -0.2) is 0 Å². The van der Waals surface area contributed by atoms with Crippen molar-refractivity contribution >= 4 is 0 Å². The summed E-state index contributed by atoms with van der Waals surface area (Å²) in [4.78, 5) is 6.73. The largest absolute Gasteiger partial charge is 0.330 e. The molecule has 1 unspecified atom stereocenters. The molecule has 0 bridgehead atoms. The van der Waals surface area contributed by atoms with E-state index in [4.69, 9.17) is 5.73 Å². The lowest BCUT2D eigenvalue weighted by molar-refractivity contribution is 0.196. The van der Waals surface area contributed by atoms with Gasteiger partial charge in [-0.05, 0) is 55.9 Å². The van der Waals surface area contributed by atoms with Gasteiger partial charge in [-0.15, -0.1) is 0 Å². The van der Waals surface area contributed by atoms with E-state index in [0.29, 0.717) is 0 Å². The molecular weight excluding hydrogens is 210 g/mol. The molecule has 0 saturated carbocycles. The van der Waals surface area contributed by atoms with Gasteiger partial charge in [0.15, 0.2) is 0 Å². The first-order valence-corrected chi connectivity index (χ1v) is 6.53. The summed E-state index contributed by atoms with van der Waals surface area (Å²) in [7, 11) is 0. The number of nitrogens with two attached hydrogens (primary N) is 1. The molecule has 1 aliphatic heterocycles. The van der Waals surface area contributed by atoms with Crippen molar-refractivity contribution in [3.8, 4) is 0 Å². The Kier molecular flexibility index (Phi) is 4.13. The minimum Gasteiger partial charge on any atom is -0.330 e. The summed E-state index contributed by atoms with van der Waals surface area (Å²) in [5.74, 6) is 0. The Morgan fingerprint density at radius 3 is 2.76 bits per heavy atom. The van der Waals surface area contributed by atoms with Crippen molar-refractivity contribution in [2.24, 2.45) is 11.1 Å². The molecule has 0 amide bonds. The maximum atomic E-state index is 5.99. The molecule has 3 nitrogen and oxygen atoms in total. The maximum absolute atomic E-state index is 5.99. The number of hydrogen-bond acceptors (Lipinski definition) is 3. The van der Waals surface area contributed by atoms with E-state index < -0.39 is 0 Å². The van der Waals surface area contributed by atoms with Crippen molar-refractivity contribution in [3.05, 3.63) is 30.1 Å². The highest BCUT2D eigenvalue weighted by Gasteiger charge is 2.27. The minimum atomic E-state index is 0.174. The van der Waals surface area contributed by atoms with Crippen LogP contribution in [0.15, 0.2) is 24.5 Å². The third-order valence-electron chi connectivity index (χ3n) is 3.65. The molecule has 1 fully saturated rings. The number of aromatic nitrogens is 1. The Bertz CT molecular complexity index is 333. The van der Waals surface area contributed by atoms with Gasteiger partial charge in [-0.1, -0.05) is 13.0 Å². The van der Waals surface area contributed by atoms with Crippen molar-refractivity contribution in [2.45, 2.75) is 26.2 Å². The lowest BCUT2D eigenvalue weighted by Crippen LogP contribution is -2.41. The second kappa shape index (κ2) is 5.61. The fourth-order valence-corrected chi connectivity index (χ4v) is 2.67. The predicted molar refractivity (Wildman–Crippen MR) is 70.8 cm³/mol. The van der Waals surface area contributed by atoms with Crippen LogP contribution >= 0.6 is 0 Å². The number of rotatable bonds is 5. The van der Waals surface area contributed by atoms with Gasteiger partial charge in [0.1, 0.15) is 0 Å². The Hall–Kier alpha value is -0.930. The van der Waals surface area contributed by atoms with Crippen LogP contribution in [-0.4, -0.2) is 36.1 Å². The normalized spacial score (nSPS) is 20.4. The molecule has 2 rings (SSSR count). The topological polar surface area (TPSA) is 42.1 Å². The average Bonchev–Trinajstić information content (AvgIpc) is 2.83. The van der Waals surface area contributed by atoms with E-state index in [1.165, 1.54) is 31.5 Å². The van der Waals surface area contributed by atoms with E-state index in [9.17, 15) is 0 Å². The molecule has 94 valence electrons. The van der Waals surface area contributed by atoms with Gasteiger partial charge in [-0.3, -0.25) is 4.98 Å². The van der Waals surface area contributed by atoms with Crippen LogP contribution in [0, 0.1) is 5.41 Å². The van der Waals surface area contributed by atoms with Crippen molar-refractivity contribution < 1.29 is 0 Å². The highest BCUT2D eigenvalue weighted by Crippen LogP contribution is 2.24. The monoisotopic (exact) mass is 233 g/mol. The van der Waals surface area contributed by atoms with Crippen LogP contribution in [0.5, 0.6) is 0 Å². The second-order valence-corrected chi connectivity index (χ2v) is 5.54. The summed E-state index contributed by atoms with van der Waals surface area (Å²) in [6, 6.07) is 4.15. The number of nitrogens with zero attached hydrogens (tertiary/aromatic N) is 2. The Morgan fingerprint density at radius 2 is 2.18 bits per heavy atom. The number of pyridine rings is 1. The number of hydrogen-bond donors (Lipinski definition) is 1. The van der Waals surface area contributed by atoms with E-state index >= 15 is 0 Å². The maximum Gasteiger partial charge on any atom is 0.0300 e. The minimum absolute atomic E-state index is 0.174.